The second kappa shape index (κ2) is 6.11. The van der Waals surface area contributed by atoms with Crippen LogP contribution in [0.3, 0.4) is 0 Å². The summed E-state index contributed by atoms with van der Waals surface area (Å²) in [6, 6.07) is 2.86. The van der Waals surface area contributed by atoms with E-state index in [0.717, 1.165) is 0 Å². The lowest BCUT2D eigenvalue weighted by Gasteiger charge is -2.11. The predicted molar refractivity (Wildman–Crippen MR) is 79.7 cm³/mol. The molecule has 0 aliphatic heterocycles. The number of rotatable bonds is 4. The molecule has 2 aromatic heterocycles. The van der Waals surface area contributed by atoms with Crippen LogP contribution in [0.25, 0.3) is 0 Å². The standard InChI is InChI=1S/C12H10Cl2N4O3/c1-6-3-9(18(19)20)11(17-10(6)14)16-8-4-7(13)5-15-12(8)21-2/h3-5H,1-2H3,(H,16,17). The summed E-state index contributed by atoms with van der Waals surface area (Å²) in [7, 11) is 1.42. The van der Waals surface area contributed by atoms with Gasteiger partial charge in [0.05, 0.1) is 17.1 Å². The molecule has 0 aliphatic rings. The Hall–Kier alpha value is -2.12. The Bertz CT molecular complexity index is 709. The van der Waals surface area contributed by atoms with Gasteiger partial charge in [-0.3, -0.25) is 10.1 Å². The third kappa shape index (κ3) is 3.32. The molecule has 0 saturated heterocycles. The third-order valence-electron chi connectivity index (χ3n) is 2.59. The molecule has 7 nitrogen and oxygen atoms in total. The summed E-state index contributed by atoms with van der Waals surface area (Å²) in [5.74, 6) is 0.213. The Labute approximate surface area is 130 Å². The molecule has 0 fully saturated rings. The Balaban J connectivity index is 2.51. The number of nitro groups is 1. The lowest BCUT2D eigenvalue weighted by Crippen LogP contribution is -2.03. The number of hydrogen-bond donors (Lipinski definition) is 1. The Kier molecular flexibility index (Phi) is 4.44. The van der Waals surface area contributed by atoms with Gasteiger partial charge in [-0.15, -0.1) is 0 Å². The Morgan fingerprint density at radius 1 is 1.38 bits per heavy atom. The number of nitrogens with one attached hydrogen (secondary N) is 1. The number of anilines is 2. The molecule has 21 heavy (non-hydrogen) atoms. The summed E-state index contributed by atoms with van der Waals surface area (Å²) < 4.78 is 5.06. The number of halogens is 2. The van der Waals surface area contributed by atoms with Gasteiger partial charge in [0.2, 0.25) is 11.7 Å². The van der Waals surface area contributed by atoms with Crippen molar-refractivity contribution in [3.8, 4) is 5.88 Å². The van der Waals surface area contributed by atoms with Crippen LogP contribution in [0.5, 0.6) is 5.88 Å². The van der Waals surface area contributed by atoms with Crippen molar-refractivity contribution in [2.24, 2.45) is 0 Å². The fourth-order valence-electron chi connectivity index (χ4n) is 1.61. The van der Waals surface area contributed by atoms with E-state index >= 15 is 0 Å². The lowest BCUT2D eigenvalue weighted by atomic mass is 10.2. The van der Waals surface area contributed by atoms with Crippen molar-refractivity contribution in [2.45, 2.75) is 6.92 Å². The highest BCUT2D eigenvalue weighted by Crippen LogP contribution is 2.33. The molecular weight excluding hydrogens is 319 g/mol. The molecule has 0 unspecified atom stereocenters. The molecule has 0 radical (unpaired) electrons. The van der Waals surface area contributed by atoms with Gasteiger partial charge in [-0.25, -0.2) is 9.97 Å². The molecule has 0 spiro atoms. The number of aromatic nitrogens is 2. The summed E-state index contributed by atoms with van der Waals surface area (Å²) >= 11 is 11.8. The Morgan fingerprint density at radius 3 is 2.71 bits per heavy atom. The fraction of sp³-hybridized carbons (Fsp3) is 0.167. The largest absolute Gasteiger partial charge is 0.480 e. The zero-order valence-electron chi connectivity index (χ0n) is 11.1. The van der Waals surface area contributed by atoms with E-state index in [0.29, 0.717) is 16.3 Å². The van der Waals surface area contributed by atoms with Crippen LogP contribution in [0.1, 0.15) is 5.56 Å². The highest BCUT2D eigenvalue weighted by atomic mass is 35.5. The molecule has 0 aromatic carbocycles. The van der Waals surface area contributed by atoms with E-state index in [2.05, 4.69) is 15.3 Å². The van der Waals surface area contributed by atoms with E-state index in [9.17, 15) is 10.1 Å². The molecule has 2 heterocycles. The van der Waals surface area contributed by atoms with Gasteiger partial charge in [0.15, 0.2) is 0 Å². The molecule has 1 N–H and O–H groups in total. The van der Waals surface area contributed by atoms with Gasteiger partial charge >= 0.3 is 5.69 Å². The zero-order valence-corrected chi connectivity index (χ0v) is 12.6. The van der Waals surface area contributed by atoms with Crippen molar-refractivity contribution in [3.63, 3.8) is 0 Å². The van der Waals surface area contributed by atoms with Gasteiger partial charge in [0, 0.05) is 12.3 Å². The van der Waals surface area contributed by atoms with E-state index < -0.39 is 4.92 Å². The summed E-state index contributed by atoms with van der Waals surface area (Å²) in [6.45, 7) is 1.63. The first kappa shape index (κ1) is 15.3. The molecule has 2 rings (SSSR count). The van der Waals surface area contributed by atoms with Crippen molar-refractivity contribution in [2.75, 3.05) is 12.4 Å². The highest BCUT2D eigenvalue weighted by molar-refractivity contribution is 6.31. The molecule has 0 bridgehead atoms. The van der Waals surface area contributed by atoms with Crippen LogP contribution in [-0.2, 0) is 0 Å². The summed E-state index contributed by atoms with van der Waals surface area (Å²) in [5.41, 5.74) is 0.643. The topological polar surface area (TPSA) is 90.2 Å². The first-order valence-electron chi connectivity index (χ1n) is 5.70. The first-order valence-corrected chi connectivity index (χ1v) is 6.46. The van der Waals surface area contributed by atoms with Gasteiger partial charge in [-0.2, -0.15) is 0 Å². The molecular formula is C12H10Cl2N4O3. The summed E-state index contributed by atoms with van der Waals surface area (Å²) in [4.78, 5) is 18.5. The number of aryl methyl sites for hydroxylation is 1. The smallest absolute Gasteiger partial charge is 0.312 e. The van der Waals surface area contributed by atoms with Gasteiger partial charge < -0.3 is 10.1 Å². The van der Waals surface area contributed by atoms with Crippen LogP contribution >= 0.6 is 23.2 Å². The SMILES string of the molecule is COc1ncc(Cl)cc1Nc1nc(Cl)c(C)cc1[N+](=O)[O-]. The Morgan fingerprint density at radius 2 is 2.10 bits per heavy atom. The maximum atomic E-state index is 11.1. The minimum Gasteiger partial charge on any atom is -0.480 e. The molecule has 110 valence electrons. The lowest BCUT2D eigenvalue weighted by molar-refractivity contribution is -0.384. The first-order chi connectivity index (χ1) is 9.92. The van der Waals surface area contributed by atoms with Crippen LogP contribution in [0.15, 0.2) is 18.3 Å². The second-order valence-corrected chi connectivity index (χ2v) is 4.85. The van der Waals surface area contributed by atoms with Crippen LogP contribution in [0.2, 0.25) is 10.2 Å². The molecule has 0 aliphatic carbocycles. The summed E-state index contributed by atoms with van der Waals surface area (Å²) in [6.07, 6.45) is 1.40. The van der Waals surface area contributed by atoms with Crippen molar-refractivity contribution >= 4 is 40.4 Å². The average molecular weight is 329 g/mol. The van der Waals surface area contributed by atoms with E-state index in [1.165, 1.54) is 25.4 Å². The van der Waals surface area contributed by atoms with Gasteiger partial charge in [0.25, 0.3) is 0 Å². The third-order valence-corrected chi connectivity index (χ3v) is 3.18. The van der Waals surface area contributed by atoms with Crippen LogP contribution in [0.4, 0.5) is 17.2 Å². The highest BCUT2D eigenvalue weighted by Gasteiger charge is 2.19. The number of pyridine rings is 2. The number of methoxy groups -OCH3 is 1. The second-order valence-electron chi connectivity index (χ2n) is 4.06. The maximum absolute atomic E-state index is 11.1. The molecule has 9 heteroatoms. The number of ether oxygens (including phenoxy) is 1. The van der Waals surface area contributed by atoms with E-state index in [1.807, 2.05) is 0 Å². The fourth-order valence-corrected chi connectivity index (χ4v) is 1.91. The van der Waals surface area contributed by atoms with Crippen molar-refractivity contribution in [1.29, 1.82) is 0 Å². The van der Waals surface area contributed by atoms with Crippen LogP contribution in [-0.4, -0.2) is 22.0 Å². The quantitative estimate of drug-likeness (QED) is 0.522. The van der Waals surface area contributed by atoms with Crippen LogP contribution in [0, 0.1) is 17.0 Å². The van der Waals surface area contributed by atoms with E-state index in [-0.39, 0.29) is 22.5 Å². The van der Waals surface area contributed by atoms with Gasteiger partial charge in [-0.1, -0.05) is 23.2 Å². The van der Waals surface area contributed by atoms with Crippen molar-refractivity contribution in [1.82, 2.24) is 9.97 Å². The normalized spacial score (nSPS) is 10.3. The minimum absolute atomic E-state index is 0.0158. The number of hydrogen-bond acceptors (Lipinski definition) is 6. The predicted octanol–water partition coefficient (Wildman–Crippen LogP) is 3.75. The molecule has 0 atom stereocenters. The molecule has 0 saturated carbocycles. The zero-order chi connectivity index (χ0) is 15.6. The van der Waals surface area contributed by atoms with E-state index in [4.69, 9.17) is 27.9 Å². The van der Waals surface area contributed by atoms with Crippen molar-refractivity contribution < 1.29 is 9.66 Å². The van der Waals surface area contributed by atoms with Gasteiger partial charge in [0.1, 0.15) is 10.8 Å². The minimum atomic E-state index is -0.552. The van der Waals surface area contributed by atoms with Gasteiger partial charge in [-0.05, 0) is 18.6 Å². The van der Waals surface area contributed by atoms with Crippen LogP contribution < -0.4 is 10.1 Å². The average Bonchev–Trinajstić information content (AvgIpc) is 2.42. The number of nitrogens with zero attached hydrogens (tertiary/aromatic N) is 3. The van der Waals surface area contributed by atoms with Crippen molar-refractivity contribution in [3.05, 3.63) is 44.2 Å². The monoisotopic (exact) mass is 328 g/mol. The molecule has 0 amide bonds. The van der Waals surface area contributed by atoms with E-state index in [1.54, 1.807) is 6.92 Å². The summed E-state index contributed by atoms with van der Waals surface area (Å²) in [5, 5.41) is 14.4. The molecule has 2 aromatic rings. The maximum Gasteiger partial charge on any atom is 0.312 e.